The summed E-state index contributed by atoms with van der Waals surface area (Å²) in [6.07, 6.45) is 3.40. The third-order valence-electron chi connectivity index (χ3n) is 1.51. The molecule has 4 heteroatoms. The van der Waals surface area contributed by atoms with Crippen LogP contribution in [0.3, 0.4) is 0 Å². The Hall–Kier alpha value is -1.32. The predicted molar refractivity (Wildman–Crippen MR) is 45.3 cm³/mol. The van der Waals surface area contributed by atoms with Gasteiger partial charge in [-0.3, -0.25) is 4.79 Å². The first kappa shape index (κ1) is 8.77. The monoisotopic (exact) mass is 167 g/mol. The summed E-state index contributed by atoms with van der Waals surface area (Å²) in [4.78, 5) is 18.0. The van der Waals surface area contributed by atoms with Crippen LogP contribution < -0.4 is 5.32 Å². The van der Waals surface area contributed by atoms with Crippen molar-refractivity contribution in [3.05, 3.63) is 18.2 Å². The fourth-order valence-electron chi connectivity index (χ4n) is 0.770. The van der Waals surface area contributed by atoms with Crippen LogP contribution in [0.2, 0.25) is 0 Å². The van der Waals surface area contributed by atoms with Gasteiger partial charge in [0, 0.05) is 18.3 Å². The van der Waals surface area contributed by atoms with E-state index in [1.54, 1.807) is 12.4 Å². The standard InChI is InChI=1S/C8H13N3O/c1-6(2)8(12)11-5-7-9-3-4-10-7/h3-4,6H,5H2,1-2H3,(H,9,10)(H,11,12). The SMILES string of the molecule is CC(C)C(=O)NCc1ncc[nH]1. The van der Waals surface area contributed by atoms with Crippen LogP contribution in [0.1, 0.15) is 19.7 Å². The molecule has 0 bridgehead atoms. The van der Waals surface area contributed by atoms with Crippen molar-refractivity contribution in [2.75, 3.05) is 0 Å². The highest BCUT2D eigenvalue weighted by molar-refractivity contribution is 5.77. The molecule has 12 heavy (non-hydrogen) atoms. The van der Waals surface area contributed by atoms with Gasteiger partial charge in [0.25, 0.3) is 0 Å². The molecule has 0 radical (unpaired) electrons. The third kappa shape index (κ3) is 2.38. The zero-order chi connectivity index (χ0) is 8.97. The second-order valence-electron chi connectivity index (χ2n) is 2.91. The predicted octanol–water partition coefficient (Wildman–Crippen LogP) is 0.682. The summed E-state index contributed by atoms with van der Waals surface area (Å²) in [7, 11) is 0. The van der Waals surface area contributed by atoms with Crippen molar-refractivity contribution in [3.8, 4) is 0 Å². The van der Waals surface area contributed by atoms with Crippen LogP contribution in [0.25, 0.3) is 0 Å². The quantitative estimate of drug-likeness (QED) is 0.695. The Balaban J connectivity index is 2.32. The van der Waals surface area contributed by atoms with Gasteiger partial charge in [0.05, 0.1) is 6.54 Å². The summed E-state index contributed by atoms with van der Waals surface area (Å²) in [5.41, 5.74) is 0. The summed E-state index contributed by atoms with van der Waals surface area (Å²) < 4.78 is 0. The minimum absolute atomic E-state index is 0.0277. The van der Waals surface area contributed by atoms with Crippen molar-refractivity contribution in [2.24, 2.45) is 5.92 Å². The number of rotatable bonds is 3. The summed E-state index contributed by atoms with van der Waals surface area (Å²) in [5, 5.41) is 2.75. The molecule has 0 atom stereocenters. The molecular formula is C8H13N3O. The molecule has 1 rings (SSSR count). The lowest BCUT2D eigenvalue weighted by atomic mass is 10.2. The van der Waals surface area contributed by atoms with Crippen molar-refractivity contribution in [2.45, 2.75) is 20.4 Å². The summed E-state index contributed by atoms with van der Waals surface area (Å²) >= 11 is 0. The molecule has 0 aliphatic carbocycles. The fraction of sp³-hybridized carbons (Fsp3) is 0.500. The van der Waals surface area contributed by atoms with Gasteiger partial charge >= 0.3 is 0 Å². The van der Waals surface area contributed by atoms with Crippen LogP contribution in [-0.4, -0.2) is 15.9 Å². The van der Waals surface area contributed by atoms with E-state index in [0.717, 1.165) is 5.82 Å². The van der Waals surface area contributed by atoms with E-state index >= 15 is 0 Å². The van der Waals surface area contributed by atoms with E-state index in [4.69, 9.17) is 0 Å². The van der Waals surface area contributed by atoms with Gasteiger partial charge in [0.2, 0.25) is 5.91 Å². The zero-order valence-electron chi connectivity index (χ0n) is 7.29. The number of imidazole rings is 1. The molecule has 0 fully saturated rings. The zero-order valence-corrected chi connectivity index (χ0v) is 7.29. The van der Waals surface area contributed by atoms with Gasteiger partial charge in [0.1, 0.15) is 5.82 Å². The van der Waals surface area contributed by atoms with Gasteiger partial charge in [-0.15, -0.1) is 0 Å². The van der Waals surface area contributed by atoms with Crippen LogP contribution in [-0.2, 0) is 11.3 Å². The summed E-state index contributed by atoms with van der Waals surface area (Å²) in [6, 6.07) is 0. The maximum atomic E-state index is 11.1. The number of aromatic nitrogens is 2. The second kappa shape index (κ2) is 3.90. The smallest absolute Gasteiger partial charge is 0.222 e. The van der Waals surface area contributed by atoms with E-state index in [1.807, 2.05) is 13.8 Å². The van der Waals surface area contributed by atoms with E-state index in [2.05, 4.69) is 15.3 Å². The first-order chi connectivity index (χ1) is 5.70. The topological polar surface area (TPSA) is 57.8 Å². The van der Waals surface area contributed by atoms with Gasteiger partial charge in [0.15, 0.2) is 0 Å². The highest BCUT2D eigenvalue weighted by Crippen LogP contribution is 1.92. The van der Waals surface area contributed by atoms with Crippen molar-refractivity contribution in [1.82, 2.24) is 15.3 Å². The minimum atomic E-state index is 0.0277. The van der Waals surface area contributed by atoms with E-state index in [1.165, 1.54) is 0 Å². The number of nitrogens with zero attached hydrogens (tertiary/aromatic N) is 1. The summed E-state index contributed by atoms with van der Waals surface area (Å²) in [6.45, 7) is 4.19. The molecule has 0 aromatic carbocycles. The maximum absolute atomic E-state index is 11.1. The van der Waals surface area contributed by atoms with Crippen molar-refractivity contribution < 1.29 is 4.79 Å². The minimum Gasteiger partial charge on any atom is -0.349 e. The Morgan fingerprint density at radius 3 is 3.00 bits per heavy atom. The van der Waals surface area contributed by atoms with Crippen LogP contribution in [0, 0.1) is 5.92 Å². The number of carbonyl (C=O) groups is 1. The molecular weight excluding hydrogens is 154 g/mol. The van der Waals surface area contributed by atoms with E-state index < -0.39 is 0 Å². The number of carbonyl (C=O) groups excluding carboxylic acids is 1. The third-order valence-corrected chi connectivity index (χ3v) is 1.51. The molecule has 2 N–H and O–H groups in total. The van der Waals surface area contributed by atoms with Gasteiger partial charge in [-0.1, -0.05) is 13.8 Å². The Morgan fingerprint density at radius 2 is 2.50 bits per heavy atom. The molecule has 1 aromatic rings. The average molecular weight is 167 g/mol. The van der Waals surface area contributed by atoms with Crippen LogP contribution in [0.4, 0.5) is 0 Å². The molecule has 1 aromatic heterocycles. The fourth-order valence-corrected chi connectivity index (χ4v) is 0.770. The number of aromatic amines is 1. The molecule has 1 amide bonds. The van der Waals surface area contributed by atoms with Crippen molar-refractivity contribution in [3.63, 3.8) is 0 Å². The highest BCUT2D eigenvalue weighted by atomic mass is 16.1. The molecule has 1 heterocycles. The Labute approximate surface area is 71.4 Å². The maximum Gasteiger partial charge on any atom is 0.222 e. The van der Waals surface area contributed by atoms with Crippen molar-refractivity contribution in [1.29, 1.82) is 0 Å². The number of H-pyrrole nitrogens is 1. The van der Waals surface area contributed by atoms with Gasteiger partial charge < -0.3 is 10.3 Å². The first-order valence-corrected chi connectivity index (χ1v) is 3.96. The lowest BCUT2D eigenvalue weighted by molar-refractivity contribution is -0.124. The Morgan fingerprint density at radius 1 is 1.75 bits per heavy atom. The molecule has 0 aliphatic heterocycles. The number of amides is 1. The number of hydrogen-bond acceptors (Lipinski definition) is 2. The Kier molecular flexibility index (Phi) is 2.85. The van der Waals surface area contributed by atoms with E-state index in [0.29, 0.717) is 6.54 Å². The van der Waals surface area contributed by atoms with Gasteiger partial charge in [-0.2, -0.15) is 0 Å². The van der Waals surface area contributed by atoms with Crippen LogP contribution >= 0.6 is 0 Å². The average Bonchev–Trinajstić information content (AvgIpc) is 2.51. The highest BCUT2D eigenvalue weighted by Gasteiger charge is 2.05. The van der Waals surface area contributed by atoms with Crippen LogP contribution in [0.15, 0.2) is 12.4 Å². The molecule has 66 valence electrons. The molecule has 0 unspecified atom stereocenters. The van der Waals surface area contributed by atoms with Gasteiger partial charge in [-0.25, -0.2) is 4.98 Å². The lowest BCUT2D eigenvalue weighted by Crippen LogP contribution is -2.27. The van der Waals surface area contributed by atoms with E-state index in [-0.39, 0.29) is 11.8 Å². The molecule has 0 aliphatic rings. The van der Waals surface area contributed by atoms with Crippen LogP contribution in [0.5, 0.6) is 0 Å². The number of nitrogens with one attached hydrogen (secondary N) is 2. The first-order valence-electron chi connectivity index (χ1n) is 3.96. The van der Waals surface area contributed by atoms with Gasteiger partial charge in [-0.05, 0) is 0 Å². The molecule has 4 nitrogen and oxygen atoms in total. The Bertz CT molecular complexity index is 241. The number of hydrogen-bond donors (Lipinski definition) is 2. The van der Waals surface area contributed by atoms with Crippen molar-refractivity contribution >= 4 is 5.91 Å². The molecule has 0 spiro atoms. The van der Waals surface area contributed by atoms with E-state index in [9.17, 15) is 4.79 Å². The second-order valence-corrected chi connectivity index (χ2v) is 2.91. The normalized spacial score (nSPS) is 10.2. The largest absolute Gasteiger partial charge is 0.349 e. The summed E-state index contributed by atoms with van der Waals surface area (Å²) in [5.74, 6) is 0.857. The lowest BCUT2D eigenvalue weighted by Gasteiger charge is -2.04. The molecule has 0 saturated carbocycles. The molecule has 0 saturated heterocycles.